The minimum atomic E-state index is -0.980. The largest absolute Gasteiger partial charge is 0.505 e. The third-order valence-corrected chi connectivity index (χ3v) is 2.18. The van der Waals surface area contributed by atoms with Gasteiger partial charge in [-0.25, -0.2) is 4.79 Å². The van der Waals surface area contributed by atoms with E-state index >= 15 is 0 Å². The molecule has 1 heterocycles. The number of nitro benzene ring substituents is 1. The van der Waals surface area contributed by atoms with Crippen LogP contribution in [0.15, 0.2) is 27.4 Å². The Morgan fingerprint density at radius 3 is 2.76 bits per heavy atom. The molecule has 2 rings (SSSR count). The molecule has 0 saturated carbocycles. The molecule has 1 aromatic carbocycles. The molecule has 2 aromatic rings. The molecule has 0 amide bonds. The Labute approximate surface area is 93.3 Å². The summed E-state index contributed by atoms with van der Waals surface area (Å²) in [6.45, 7) is 0. The highest BCUT2D eigenvalue weighted by molar-refractivity contribution is 5.86. The first-order valence-electron chi connectivity index (χ1n) is 4.39. The summed E-state index contributed by atoms with van der Waals surface area (Å²) in [6, 6.07) is 4.84. The topological polar surface area (TPSA) is 117 Å². The van der Waals surface area contributed by atoms with Gasteiger partial charge in [0.25, 0.3) is 5.69 Å². The molecule has 17 heavy (non-hydrogen) atoms. The van der Waals surface area contributed by atoms with E-state index < -0.39 is 21.9 Å². The van der Waals surface area contributed by atoms with Crippen molar-refractivity contribution >= 4 is 16.7 Å². The molecule has 0 aliphatic carbocycles. The van der Waals surface area contributed by atoms with Crippen molar-refractivity contribution in [2.24, 2.45) is 0 Å². The Morgan fingerprint density at radius 2 is 2.18 bits per heavy atom. The van der Waals surface area contributed by atoms with Crippen LogP contribution in [0.2, 0.25) is 0 Å². The highest BCUT2D eigenvalue weighted by Crippen LogP contribution is 2.28. The number of hydrogen-bond donors (Lipinski definition) is 1. The van der Waals surface area contributed by atoms with Gasteiger partial charge in [-0.3, -0.25) is 10.1 Å². The van der Waals surface area contributed by atoms with Crippen molar-refractivity contribution in [1.29, 1.82) is 5.26 Å². The Kier molecular flexibility index (Phi) is 2.25. The summed E-state index contributed by atoms with van der Waals surface area (Å²) in [5, 5.41) is 28.8. The van der Waals surface area contributed by atoms with Crippen molar-refractivity contribution in [3.63, 3.8) is 0 Å². The molecule has 7 nitrogen and oxygen atoms in total. The maximum absolute atomic E-state index is 11.2. The lowest BCUT2D eigenvalue weighted by Crippen LogP contribution is -2.04. The predicted octanol–water partition coefficient (Wildman–Crippen LogP) is 1.28. The average Bonchev–Trinajstić information content (AvgIpc) is 2.29. The summed E-state index contributed by atoms with van der Waals surface area (Å²) in [5.74, 6) is -0.609. The fourth-order valence-corrected chi connectivity index (χ4v) is 1.39. The van der Waals surface area contributed by atoms with Gasteiger partial charge < -0.3 is 9.52 Å². The van der Waals surface area contributed by atoms with Crippen LogP contribution in [0, 0.1) is 21.4 Å². The van der Waals surface area contributed by atoms with Gasteiger partial charge in [-0.2, -0.15) is 5.26 Å². The van der Waals surface area contributed by atoms with Gasteiger partial charge in [0.05, 0.1) is 10.3 Å². The maximum atomic E-state index is 11.2. The lowest BCUT2D eigenvalue weighted by Gasteiger charge is -2.00. The normalized spacial score (nSPS) is 10.1. The smallest absolute Gasteiger partial charge is 0.358 e. The minimum absolute atomic E-state index is 0.0166. The van der Waals surface area contributed by atoms with Crippen molar-refractivity contribution in [3.05, 3.63) is 44.3 Å². The van der Waals surface area contributed by atoms with Gasteiger partial charge in [0, 0.05) is 12.1 Å². The van der Waals surface area contributed by atoms with Crippen molar-refractivity contribution < 1.29 is 14.4 Å². The van der Waals surface area contributed by atoms with Crippen LogP contribution < -0.4 is 5.63 Å². The second-order valence-electron chi connectivity index (χ2n) is 3.16. The van der Waals surface area contributed by atoms with Crippen molar-refractivity contribution in [2.75, 3.05) is 0 Å². The number of rotatable bonds is 1. The number of nitrogens with zero attached hydrogens (tertiary/aromatic N) is 2. The van der Waals surface area contributed by atoms with Gasteiger partial charge in [0.2, 0.25) is 0 Å². The van der Waals surface area contributed by atoms with E-state index in [1.165, 1.54) is 12.1 Å². The van der Waals surface area contributed by atoms with Gasteiger partial charge in [0.1, 0.15) is 11.7 Å². The summed E-state index contributed by atoms with van der Waals surface area (Å²) in [5.41, 5.74) is -1.84. The van der Waals surface area contributed by atoms with E-state index in [2.05, 4.69) is 0 Å². The third-order valence-electron chi connectivity index (χ3n) is 2.18. The lowest BCUT2D eigenvalue weighted by atomic mass is 10.1. The molecule has 1 aromatic heterocycles. The zero-order chi connectivity index (χ0) is 12.6. The van der Waals surface area contributed by atoms with Gasteiger partial charge in [-0.05, 0) is 6.07 Å². The summed E-state index contributed by atoms with van der Waals surface area (Å²) in [7, 11) is 0. The lowest BCUT2D eigenvalue weighted by molar-refractivity contribution is -0.384. The monoisotopic (exact) mass is 232 g/mol. The second-order valence-corrected chi connectivity index (χ2v) is 3.16. The van der Waals surface area contributed by atoms with E-state index in [4.69, 9.17) is 9.68 Å². The van der Waals surface area contributed by atoms with Gasteiger partial charge in [0.15, 0.2) is 11.3 Å². The van der Waals surface area contributed by atoms with E-state index in [0.29, 0.717) is 0 Å². The van der Waals surface area contributed by atoms with Crippen LogP contribution in [-0.4, -0.2) is 10.0 Å². The number of hydrogen-bond acceptors (Lipinski definition) is 6. The molecule has 7 heteroatoms. The Balaban J connectivity index is 2.91. The molecule has 0 fully saturated rings. The standard InChI is InChI=1S/C10H4N2O5/c11-4-7-9(13)6-3-5(12(15)16)1-2-8(6)17-10(7)14/h1-3,13H. The van der Waals surface area contributed by atoms with E-state index in [1.54, 1.807) is 0 Å². The zero-order valence-corrected chi connectivity index (χ0v) is 8.21. The number of non-ortho nitro benzene ring substituents is 1. The number of nitro groups is 1. The zero-order valence-electron chi connectivity index (χ0n) is 8.21. The molecular weight excluding hydrogens is 228 g/mol. The molecule has 0 bridgehead atoms. The van der Waals surface area contributed by atoms with Gasteiger partial charge in [-0.15, -0.1) is 0 Å². The van der Waals surface area contributed by atoms with Crippen LogP contribution in [-0.2, 0) is 0 Å². The predicted molar refractivity (Wildman–Crippen MR) is 55.5 cm³/mol. The van der Waals surface area contributed by atoms with E-state index in [0.717, 1.165) is 12.1 Å². The molecule has 0 spiro atoms. The summed E-state index contributed by atoms with van der Waals surface area (Å²) >= 11 is 0. The van der Waals surface area contributed by atoms with E-state index in [1.807, 2.05) is 0 Å². The Hall–Kier alpha value is -2.88. The average molecular weight is 232 g/mol. The summed E-state index contributed by atoms with van der Waals surface area (Å²) < 4.78 is 4.74. The molecule has 0 aliphatic heterocycles. The van der Waals surface area contributed by atoms with E-state index in [-0.39, 0.29) is 16.7 Å². The molecule has 84 valence electrons. The van der Waals surface area contributed by atoms with Crippen LogP contribution in [0.5, 0.6) is 5.75 Å². The molecule has 0 radical (unpaired) electrons. The van der Waals surface area contributed by atoms with Crippen LogP contribution in [0.3, 0.4) is 0 Å². The fraction of sp³-hybridized carbons (Fsp3) is 0. The number of aromatic hydroxyl groups is 1. The van der Waals surface area contributed by atoms with Crippen molar-refractivity contribution in [1.82, 2.24) is 0 Å². The van der Waals surface area contributed by atoms with Crippen LogP contribution >= 0.6 is 0 Å². The quantitative estimate of drug-likeness (QED) is 0.449. The minimum Gasteiger partial charge on any atom is -0.505 e. The first-order valence-corrected chi connectivity index (χ1v) is 4.39. The summed E-state index contributed by atoms with van der Waals surface area (Å²) in [6.07, 6.45) is 0. The summed E-state index contributed by atoms with van der Waals surface area (Å²) in [4.78, 5) is 21.1. The molecule has 0 atom stereocenters. The molecule has 0 aliphatic rings. The third kappa shape index (κ3) is 1.57. The second kappa shape index (κ2) is 3.61. The van der Waals surface area contributed by atoms with Crippen LogP contribution in [0.1, 0.15) is 5.56 Å². The van der Waals surface area contributed by atoms with Crippen molar-refractivity contribution in [2.45, 2.75) is 0 Å². The first kappa shape index (κ1) is 10.6. The van der Waals surface area contributed by atoms with Crippen LogP contribution in [0.4, 0.5) is 5.69 Å². The molecule has 1 N–H and O–H groups in total. The molecular formula is C10H4N2O5. The Morgan fingerprint density at radius 1 is 1.47 bits per heavy atom. The fourth-order valence-electron chi connectivity index (χ4n) is 1.39. The van der Waals surface area contributed by atoms with Gasteiger partial charge >= 0.3 is 5.63 Å². The SMILES string of the molecule is N#Cc1c(O)c2cc([N+](=O)[O-])ccc2oc1=O. The number of nitriles is 1. The van der Waals surface area contributed by atoms with Crippen LogP contribution in [0.25, 0.3) is 11.0 Å². The molecule has 0 unspecified atom stereocenters. The first-order chi connectivity index (χ1) is 8.04. The number of fused-ring (bicyclic) bond motifs is 1. The maximum Gasteiger partial charge on any atom is 0.358 e. The highest BCUT2D eigenvalue weighted by Gasteiger charge is 2.16. The van der Waals surface area contributed by atoms with Gasteiger partial charge in [-0.1, -0.05) is 0 Å². The molecule has 0 saturated heterocycles. The number of benzene rings is 1. The van der Waals surface area contributed by atoms with Crippen molar-refractivity contribution in [3.8, 4) is 11.8 Å². The highest BCUT2D eigenvalue weighted by atomic mass is 16.6. The van der Waals surface area contributed by atoms with E-state index in [9.17, 15) is 20.0 Å². The Bertz CT molecular complexity index is 726.